The van der Waals surface area contributed by atoms with Gasteiger partial charge in [0.05, 0.1) is 29.4 Å². The van der Waals surface area contributed by atoms with Crippen LogP contribution >= 0.6 is 23.1 Å². The van der Waals surface area contributed by atoms with E-state index in [-0.39, 0.29) is 17.4 Å². The Kier molecular flexibility index (Phi) is 5.25. The Balaban J connectivity index is 1.52. The number of aryl methyl sites for hydroxylation is 1. The molecule has 0 radical (unpaired) electrons. The van der Waals surface area contributed by atoms with Gasteiger partial charge in [0, 0.05) is 5.56 Å². The van der Waals surface area contributed by atoms with Gasteiger partial charge < -0.3 is 5.32 Å². The molecule has 1 amide bonds. The first-order valence-electron chi connectivity index (χ1n) is 9.26. The van der Waals surface area contributed by atoms with Crippen LogP contribution in [0, 0.1) is 12.3 Å². The minimum absolute atomic E-state index is 0.0129. The molecule has 146 valence electrons. The van der Waals surface area contributed by atoms with E-state index in [4.69, 9.17) is 0 Å². The highest BCUT2D eigenvalue weighted by Gasteiger charge is 2.36. The molecule has 2 aromatic heterocycles. The van der Waals surface area contributed by atoms with Crippen molar-refractivity contribution >= 4 is 29.0 Å². The summed E-state index contributed by atoms with van der Waals surface area (Å²) in [5, 5.41) is 16.8. The summed E-state index contributed by atoms with van der Waals surface area (Å²) in [7, 11) is 0. The molecule has 6 nitrogen and oxygen atoms in total. The van der Waals surface area contributed by atoms with Gasteiger partial charge in [0.15, 0.2) is 4.34 Å². The molecule has 1 unspecified atom stereocenters. The van der Waals surface area contributed by atoms with E-state index < -0.39 is 0 Å². The molecule has 28 heavy (non-hydrogen) atoms. The van der Waals surface area contributed by atoms with Crippen molar-refractivity contribution in [2.45, 2.75) is 44.0 Å². The molecule has 0 saturated carbocycles. The highest BCUT2D eigenvalue weighted by Crippen LogP contribution is 2.41. The molecule has 4 rings (SSSR count). The number of fused-ring (bicyclic) bond motifs is 1. The predicted octanol–water partition coefficient (Wildman–Crippen LogP) is 3.95. The summed E-state index contributed by atoms with van der Waals surface area (Å²) < 4.78 is 2.84. The van der Waals surface area contributed by atoms with Crippen molar-refractivity contribution < 1.29 is 4.79 Å². The Morgan fingerprint density at radius 1 is 1.32 bits per heavy atom. The summed E-state index contributed by atoms with van der Waals surface area (Å²) in [6, 6.07) is 10.1. The number of aromatic nitrogens is 4. The van der Waals surface area contributed by atoms with E-state index in [0.29, 0.717) is 5.75 Å². The monoisotopic (exact) mass is 413 g/mol. The molecule has 2 heterocycles. The smallest absolute Gasteiger partial charge is 0.230 e. The van der Waals surface area contributed by atoms with E-state index in [1.807, 2.05) is 36.0 Å². The maximum absolute atomic E-state index is 12.6. The third kappa shape index (κ3) is 4.12. The molecule has 0 aliphatic heterocycles. The van der Waals surface area contributed by atoms with Gasteiger partial charge >= 0.3 is 0 Å². The average Bonchev–Trinajstić information content (AvgIpc) is 3.26. The standard InChI is InChI=1S/C20H23N5OS2/c1-13-23-24-19(28-13)27-12-18(26)22-16-9-20(2,3)10-17-15(16)11-21-25(17)14-7-5-4-6-8-14/h4-8,11,16H,9-10,12H2,1-3H3,(H,22,26). The number of amides is 1. The molecular formula is C20H23N5OS2. The molecule has 8 heteroatoms. The second-order valence-electron chi connectivity index (χ2n) is 7.83. The van der Waals surface area contributed by atoms with Crippen molar-refractivity contribution in [2.24, 2.45) is 5.41 Å². The molecule has 0 saturated heterocycles. The van der Waals surface area contributed by atoms with Gasteiger partial charge in [-0.2, -0.15) is 5.10 Å². The van der Waals surface area contributed by atoms with Crippen molar-refractivity contribution in [2.75, 3.05) is 5.75 Å². The lowest BCUT2D eigenvalue weighted by Gasteiger charge is -2.36. The first-order valence-corrected chi connectivity index (χ1v) is 11.1. The van der Waals surface area contributed by atoms with Crippen LogP contribution in [0.15, 0.2) is 40.9 Å². The maximum atomic E-state index is 12.6. The van der Waals surface area contributed by atoms with Crippen LogP contribution in [-0.4, -0.2) is 31.6 Å². The summed E-state index contributed by atoms with van der Waals surface area (Å²) in [6.45, 7) is 6.41. The Morgan fingerprint density at radius 2 is 2.11 bits per heavy atom. The number of nitrogens with one attached hydrogen (secondary N) is 1. The summed E-state index contributed by atoms with van der Waals surface area (Å²) in [5.41, 5.74) is 3.43. The van der Waals surface area contributed by atoms with Crippen LogP contribution in [0.5, 0.6) is 0 Å². The molecule has 0 spiro atoms. The van der Waals surface area contributed by atoms with E-state index in [2.05, 4.69) is 46.6 Å². The molecule has 1 atom stereocenters. The molecule has 0 bridgehead atoms. The van der Waals surface area contributed by atoms with E-state index >= 15 is 0 Å². The number of thioether (sulfide) groups is 1. The van der Waals surface area contributed by atoms with Gasteiger partial charge in [0.2, 0.25) is 5.91 Å². The zero-order chi connectivity index (χ0) is 19.7. The van der Waals surface area contributed by atoms with Crippen molar-refractivity contribution in [1.29, 1.82) is 0 Å². The summed E-state index contributed by atoms with van der Waals surface area (Å²) in [4.78, 5) is 12.6. The summed E-state index contributed by atoms with van der Waals surface area (Å²) >= 11 is 2.95. The van der Waals surface area contributed by atoms with Gasteiger partial charge in [-0.3, -0.25) is 4.79 Å². The maximum Gasteiger partial charge on any atom is 0.230 e. The SMILES string of the molecule is Cc1nnc(SCC(=O)NC2CC(C)(C)Cc3c2cnn3-c2ccccc2)s1. The van der Waals surface area contributed by atoms with E-state index in [0.717, 1.165) is 33.4 Å². The fourth-order valence-corrected chi connectivity index (χ4v) is 5.29. The molecule has 1 aromatic carbocycles. The van der Waals surface area contributed by atoms with Crippen molar-refractivity contribution in [3.8, 4) is 5.69 Å². The third-order valence-corrected chi connectivity index (χ3v) is 6.82. The number of hydrogen-bond acceptors (Lipinski definition) is 6. The minimum atomic E-state index is -0.0273. The van der Waals surface area contributed by atoms with Gasteiger partial charge in [-0.05, 0) is 37.3 Å². The largest absolute Gasteiger partial charge is 0.348 e. The number of rotatable bonds is 5. The number of carbonyl (C=O) groups excluding carboxylic acids is 1. The van der Waals surface area contributed by atoms with E-state index in [1.165, 1.54) is 28.8 Å². The number of benzene rings is 1. The van der Waals surface area contributed by atoms with E-state index in [1.54, 1.807) is 0 Å². The Bertz CT molecular complexity index is 980. The molecule has 1 aliphatic carbocycles. The van der Waals surface area contributed by atoms with Crippen LogP contribution in [0.25, 0.3) is 5.69 Å². The Labute approximate surface area is 172 Å². The topological polar surface area (TPSA) is 72.7 Å². The minimum Gasteiger partial charge on any atom is -0.348 e. The van der Waals surface area contributed by atoms with Gasteiger partial charge in [-0.25, -0.2) is 4.68 Å². The zero-order valence-corrected chi connectivity index (χ0v) is 17.8. The Morgan fingerprint density at radius 3 is 2.82 bits per heavy atom. The normalized spacial score (nSPS) is 17.9. The lowest BCUT2D eigenvalue weighted by Crippen LogP contribution is -2.37. The van der Waals surface area contributed by atoms with Gasteiger partial charge in [-0.15, -0.1) is 10.2 Å². The first kappa shape index (κ1) is 19.1. The van der Waals surface area contributed by atoms with Gasteiger partial charge in [0.25, 0.3) is 0 Å². The molecule has 1 N–H and O–H groups in total. The third-order valence-electron chi connectivity index (χ3n) is 4.85. The second kappa shape index (κ2) is 7.67. The molecule has 0 fully saturated rings. The quantitative estimate of drug-likeness (QED) is 0.641. The second-order valence-corrected chi connectivity index (χ2v) is 10.2. The number of nitrogens with zero attached hydrogens (tertiary/aromatic N) is 4. The van der Waals surface area contributed by atoms with Gasteiger partial charge in [-0.1, -0.05) is 55.1 Å². The number of para-hydroxylation sites is 1. The molecular weight excluding hydrogens is 390 g/mol. The Hall–Kier alpha value is -2.19. The number of hydrogen-bond donors (Lipinski definition) is 1. The highest BCUT2D eigenvalue weighted by molar-refractivity contribution is 8.01. The number of carbonyl (C=O) groups is 1. The predicted molar refractivity (Wildman–Crippen MR) is 112 cm³/mol. The van der Waals surface area contributed by atoms with Crippen molar-refractivity contribution in [3.05, 3.63) is 52.8 Å². The summed E-state index contributed by atoms with van der Waals surface area (Å²) in [5.74, 6) is 0.354. The van der Waals surface area contributed by atoms with Crippen molar-refractivity contribution in [3.63, 3.8) is 0 Å². The lowest BCUT2D eigenvalue weighted by molar-refractivity contribution is -0.119. The molecule has 3 aromatic rings. The zero-order valence-electron chi connectivity index (χ0n) is 16.2. The van der Waals surface area contributed by atoms with Crippen molar-refractivity contribution in [1.82, 2.24) is 25.3 Å². The fourth-order valence-electron chi connectivity index (χ4n) is 3.66. The van der Waals surface area contributed by atoms with Crippen LogP contribution in [-0.2, 0) is 11.2 Å². The average molecular weight is 414 g/mol. The fraction of sp³-hybridized carbons (Fsp3) is 0.400. The molecule has 1 aliphatic rings. The van der Waals surface area contributed by atoms with Crippen LogP contribution in [0.3, 0.4) is 0 Å². The van der Waals surface area contributed by atoms with Crippen LogP contribution < -0.4 is 5.32 Å². The van der Waals surface area contributed by atoms with Gasteiger partial charge in [0.1, 0.15) is 5.01 Å². The van der Waals surface area contributed by atoms with Crippen LogP contribution in [0.2, 0.25) is 0 Å². The first-order chi connectivity index (χ1) is 13.4. The van der Waals surface area contributed by atoms with E-state index in [9.17, 15) is 4.79 Å². The van der Waals surface area contributed by atoms with Crippen LogP contribution in [0.4, 0.5) is 0 Å². The lowest BCUT2D eigenvalue weighted by atomic mass is 9.74. The van der Waals surface area contributed by atoms with Crippen LogP contribution in [0.1, 0.15) is 42.6 Å². The summed E-state index contributed by atoms with van der Waals surface area (Å²) in [6.07, 6.45) is 3.74. The highest BCUT2D eigenvalue weighted by atomic mass is 32.2.